The van der Waals surface area contributed by atoms with Gasteiger partial charge in [-0.05, 0) is 33.6 Å². The van der Waals surface area contributed by atoms with Gasteiger partial charge in [-0.25, -0.2) is 9.97 Å². The number of nitrogens with zero attached hydrogens (tertiary/aromatic N) is 3. The maximum atomic E-state index is 11.6. The number of aryl methyl sites for hydroxylation is 2. The van der Waals surface area contributed by atoms with Gasteiger partial charge in [-0.1, -0.05) is 25.6 Å². The molecule has 6 heteroatoms. The van der Waals surface area contributed by atoms with E-state index >= 15 is 0 Å². The molecule has 22 heavy (non-hydrogen) atoms. The molecule has 0 saturated carbocycles. The Morgan fingerprint density at radius 2 is 1.91 bits per heavy atom. The first-order valence-electron chi connectivity index (χ1n) is 7.56. The molecule has 0 radical (unpaired) electrons. The van der Waals surface area contributed by atoms with Crippen LogP contribution in [0, 0.1) is 26.7 Å². The minimum atomic E-state index is -0.104. The fourth-order valence-electron chi connectivity index (χ4n) is 2.30. The van der Waals surface area contributed by atoms with Crippen molar-refractivity contribution in [2.45, 2.75) is 58.5 Å². The molecular weight excluding hydrogens is 296 g/mol. The van der Waals surface area contributed by atoms with Gasteiger partial charge in [-0.2, -0.15) is 0 Å². The van der Waals surface area contributed by atoms with E-state index in [-0.39, 0.29) is 10.8 Å². The van der Waals surface area contributed by atoms with Gasteiger partial charge in [0.15, 0.2) is 5.16 Å². The first-order chi connectivity index (χ1) is 10.3. The van der Waals surface area contributed by atoms with Crippen molar-refractivity contribution in [3.63, 3.8) is 0 Å². The third-order valence-corrected chi connectivity index (χ3v) is 4.63. The Bertz CT molecular complexity index is 717. The zero-order valence-corrected chi connectivity index (χ0v) is 14.9. The van der Waals surface area contributed by atoms with Gasteiger partial charge in [0.1, 0.15) is 5.82 Å². The van der Waals surface area contributed by atoms with E-state index in [9.17, 15) is 4.79 Å². The minimum absolute atomic E-state index is 0.0414. The monoisotopic (exact) mass is 320 g/mol. The molecule has 2 heterocycles. The largest absolute Gasteiger partial charge is 0.323 e. The quantitative estimate of drug-likeness (QED) is 0.858. The van der Waals surface area contributed by atoms with Crippen molar-refractivity contribution in [2.24, 2.45) is 5.92 Å². The van der Waals surface area contributed by atoms with Crippen LogP contribution >= 0.6 is 11.8 Å². The molecule has 0 bridgehead atoms. The fourth-order valence-corrected chi connectivity index (χ4v) is 3.37. The van der Waals surface area contributed by atoms with E-state index in [4.69, 9.17) is 0 Å². The van der Waals surface area contributed by atoms with Gasteiger partial charge in [0.2, 0.25) is 0 Å². The fraction of sp³-hybridized carbons (Fsp3) is 0.562. The van der Waals surface area contributed by atoms with Gasteiger partial charge in [0.05, 0.1) is 10.9 Å². The smallest absolute Gasteiger partial charge is 0.251 e. The molecule has 0 amide bonds. The van der Waals surface area contributed by atoms with Gasteiger partial charge < -0.3 is 9.55 Å². The van der Waals surface area contributed by atoms with Crippen molar-refractivity contribution < 1.29 is 0 Å². The van der Waals surface area contributed by atoms with Crippen LogP contribution < -0.4 is 5.56 Å². The number of H-pyrrole nitrogens is 1. The van der Waals surface area contributed by atoms with E-state index in [0.717, 1.165) is 23.1 Å². The second kappa shape index (κ2) is 6.69. The molecule has 0 aliphatic heterocycles. The maximum Gasteiger partial charge on any atom is 0.251 e. The van der Waals surface area contributed by atoms with Crippen LogP contribution in [-0.4, -0.2) is 19.5 Å². The zero-order chi connectivity index (χ0) is 16.4. The third kappa shape index (κ3) is 3.80. The number of rotatable bonds is 5. The molecule has 1 atom stereocenters. The summed E-state index contributed by atoms with van der Waals surface area (Å²) in [5.41, 5.74) is 2.90. The number of aromatic nitrogens is 4. The van der Waals surface area contributed by atoms with Crippen LogP contribution in [-0.2, 0) is 6.54 Å². The number of aromatic amines is 1. The van der Waals surface area contributed by atoms with Gasteiger partial charge in [0.25, 0.3) is 5.56 Å². The van der Waals surface area contributed by atoms with E-state index in [0.29, 0.717) is 11.7 Å². The first kappa shape index (κ1) is 16.8. The van der Waals surface area contributed by atoms with Crippen molar-refractivity contribution in [3.8, 4) is 0 Å². The Morgan fingerprint density at radius 3 is 2.50 bits per heavy atom. The highest BCUT2D eigenvalue weighted by molar-refractivity contribution is 7.99. The first-order valence-corrected chi connectivity index (χ1v) is 8.44. The molecule has 1 N–H and O–H groups in total. The van der Waals surface area contributed by atoms with Crippen LogP contribution in [0.4, 0.5) is 0 Å². The molecule has 0 aromatic carbocycles. The third-order valence-electron chi connectivity index (χ3n) is 3.53. The molecule has 2 aromatic rings. The predicted molar refractivity (Wildman–Crippen MR) is 90.4 cm³/mol. The van der Waals surface area contributed by atoms with Gasteiger partial charge in [0, 0.05) is 24.0 Å². The van der Waals surface area contributed by atoms with Crippen molar-refractivity contribution in [3.05, 3.63) is 39.3 Å². The van der Waals surface area contributed by atoms with Crippen molar-refractivity contribution in [1.82, 2.24) is 19.5 Å². The Morgan fingerprint density at radius 1 is 1.23 bits per heavy atom. The molecule has 2 rings (SSSR count). The lowest BCUT2D eigenvalue weighted by molar-refractivity contribution is 0.486. The van der Waals surface area contributed by atoms with E-state index in [1.165, 1.54) is 11.8 Å². The molecular formula is C16H24N4OS. The second-order valence-electron chi connectivity index (χ2n) is 6.10. The van der Waals surface area contributed by atoms with E-state index in [1.807, 2.05) is 20.8 Å². The summed E-state index contributed by atoms with van der Waals surface area (Å²) in [5, 5.41) is 1.03. The lowest BCUT2D eigenvalue weighted by atomic mass is 10.2. The molecule has 0 aliphatic carbocycles. The molecule has 0 aliphatic rings. The standard InChI is InChI=1S/C16H24N4OS/c1-9(2)8-20-12(5)11(4)18-16(20)22-13(6)15-17-10(3)7-14(21)19-15/h7,9,13H,8H2,1-6H3,(H,17,19,21). The summed E-state index contributed by atoms with van der Waals surface area (Å²) in [6.45, 7) is 13.4. The van der Waals surface area contributed by atoms with E-state index in [1.54, 1.807) is 11.8 Å². The molecule has 120 valence electrons. The molecule has 0 spiro atoms. The van der Waals surface area contributed by atoms with Gasteiger partial charge >= 0.3 is 0 Å². The number of nitrogens with one attached hydrogen (secondary N) is 1. The summed E-state index contributed by atoms with van der Waals surface area (Å²) < 4.78 is 2.26. The van der Waals surface area contributed by atoms with E-state index in [2.05, 4.69) is 40.3 Å². The molecule has 2 aromatic heterocycles. The zero-order valence-electron chi connectivity index (χ0n) is 14.1. The highest BCUT2D eigenvalue weighted by Crippen LogP contribution is 2.33. The van der Waals surface area contributed by atoms with Gasteiger partial charge in [-0.15, -0.1) is 0 Å². The van der Waals surface area contributed by atoms with E-state index < -0.39 is 0 Å². The normalized spacial score (nSPS) is 12.9. The van der Waals surface area contributed by atoms with Crippen LogP contribution in [0.2, 0.25) is 0 Å². The van der Waals surface area contributed by atoms with Crippen LogP contribution in [0.5, 0.6) is 0 Å². The lowest BCUT2D eigenvalue weighted by Gasteiger charge is -2.15. The number of hydrogen-bond acceptors (Lipinski definition) is 4. The van der Waals surface area contributed by atoms with Crippen LogP contribution in [0.25, 0.3) is 0 Å². The molecule has 1 unspecified atom stereocenters. The second-order valence-corrected chi connectivity index (χ2v) is 7.41. The Kier molecular flexibility index (Phi) is 5.11. The van der Waals surface area contributed by atoms with Crippen molar-refractivity contribution >= 4 is 11.8 Å². The summed E-state index contributed by atoms with van der Waals surface area (Å²) in [7, 11) is 0. The number of thioether (sulfide) groups is 1. The molecule has 0 saturated heterocycles. The summed E-state index contributed by atoms with van der Waals surface area (Å²) in [4.78, 5) is 23.6. The van der Waals surface area contributed by atoms with Crippen LogP contribution in [0.1, 0.15) is 48.9 Å². The van der Waals surface area contributed by atoms with Crippen LogP contribution in [0.3, 0.4) is 0 Å². The van der Waals surface area contributed by atoms with Gasteiger partial charge in [-0.3, -0.25) is 4.79 Å². The number of hydrogen-bond donors (Lipinski definition) is 1. The summed E-state index contributed by atoms with van der Waals surface area (Å²) in [6, 6.07) is 1.51. The summed E-state index contributed by atoms with van der Waals surface area (Å²) in [5.74, 6) is 1.25. The Hall–Kier alpha value is -1.56. The highest BCUT2D eigenvalue weighted by atomic mass is 32.2. The Balaban J connectivity index is 2.30. The van der Waals surface area contributed by atoms with Crippen molar-refractivity contribution in [2.75, 3.05) is 0 Å². The predicted octanol–water partition coefficient (Wildman–Crippen LogP) is 3.40. The molecule has 0 fully saturated rings. The summed E-state index contributed by atoms with van der Waals surface area (Å²) in [6.07, 6.45) is 0. The topological polar surface area (TPSA) is 63.6 Å². The Labute approximate surface area is 135 Å². The minimum Gasteiger partial charge on any atom is -0.323 e. The SMILES string of the molecule is Cc1cc(=O)[nH]c(C(C)Sc2nc(C)c(C)n2CC(C)C)n1. The highest BCUT2D eigenvalue weighted by Gasteiger charge is 2.18. The van der Waals surface area contributed by atoms with Crippen molar-refractivity contribution in [1.29, 1.82) is 0 Å². The maximum absolute atomic E-state index is 11.6. The average molecular weight is 320 g/mol. The molecule has 5 nitrogen and oxygen atoms in total. The lowest BCUT2D eigenvalue weighted by Crippen LogP contribution is -2.13. The summed E-state index contributed by atoms with van der Waals surface area (Å²) >= 11 is 1.64. The van der Waals surface area contributed by atoms with Crippen LogP contribution in [0.15, 0.2) is 16.0 Å². The number of imidazole rings is 1. The average Bonchev–Trinajstić information content (AvgIpc) is 2.65.